The van der Waals surface area contributed by atoms with Crippen LogP contribution in [0.15, 0.2) is 48.5 Å². The molecule has 0 unspecified atom stereocenters. The van der Waals surface area contributed by atoms with Crippen LogP contribution in [0.25, 0.3) is 0 Å². The zero-order valence-electron chi connectivity index (χ0n) is 14.6. The Morgan fingerprint density at radius 3 is 2.58 bits per heavy atom. The summed E-state index contributed by atoms with van der Waals surface area (Å²) in [6, 6.07) is 12.1. The molecular weight excluding hydrogens is 345 g/mol. The average Bonchev–Trinajstić information content (AvgIpc) is 2.60. The molecule has 0 aliphatic heterocycles. The van der Waals surface area contributed by atoms with Gasteiger partial charge in [0, 0.05) is 13.6 Å². The number of halogens is 3. The van der Waals surface area contributed by atoms with Gasteiger partial charge in [0.15, 0.2) is 0 Å². The van der Waals surface area contributed by atoms with Crippen molar-refractivity contribution in [1.82, 2.24) is 10.2 Å². The van der Waals surface area contributed by atoms with E-state index in [0.29, 0.717) is 18.7 Å². The number of likely N-dealkylation sites (N-methyl/N-ethyl adjacent to an activating group) is 1. The number of hydrogen-bond donors (Lipinski definition) is 1. The Bertz CT molecular complexity index is 748. The third-order valence-corrected chi connectivity index (χ3v) is 3.82. The highest BCUT2D eigenvalue weighted by atomic mass is 19.4. The smallest absolute Gasteiger partial charge is 0.416 e. The number of nitrogens with zero attached hydrogens (tertiary/aromatic N) is 1. The zero-order valence-corrected chi connectivity index (χ0v) is 14.6. The minimum Gasteiger partial charge on any atom is -0.491 e. The van der Waals surface area contributed by atoms with Crippen LogP contribution in [-0.2, 0) is 12.7 Å². The van der Waals surface area contributed by atoms with Gasteiger partial charge < -0.3 is 15.0 Å². The van der Waals surface area contributed by atoms with Crippen molar-refractivity contribution in [3.05, 3.63) is 65.2 Å². The maximum absolute atomic E-state index is 12.7. The largest absolute Gasteiger partial charge is 0.491 e. The third kappa shape index (κ3) is 5.68. The van der Waals surface area contributed by atoms with E-state index >= 15 is 0 Å². The number of carbonyl (C=O) groups excluding carboxylic acids is 1. The van der Waals surface area contributed by atoms with Gasteiger partial charge in [0.1, 0.15) is 12.4 Å². The molecule has 2 aromatic rings. The number of hydrogen-bond acceptors (Lipinski definition) is 2. The Labute approximate surface area is 150 Å². The number of amides is 2. The van der Waals surface area contributed by atoms with Gasteiger partial charge in [-0.2, -0.15) is 13.2 Å². The van der Waals surface area contributed by atoms with Crippen molar-refractivity contribution in [3.63, 3.8) is 0 Å². The van der Waals surface area contributed by atoms with Crippen LogP contribution in [-0.4, -0.2) is 31.1 Å². The Morgan fingerprint density at radius 1 is 1.15 bits per heavy atom. The number of para-hydroxylation sites is 1. The molecule has 0 heterocycles. The Balaban J connectivity index is 1.79. The molecular formula is C19H21F3N2O2. The molecule has 26 heavy (non-hydrogen) atoms. The molecule has 0 saturated heterocycles. The molecule has 4 nitrogen and oxygen atoms in total. The first-order valence-corrected chi connectivity index (χ1v) is 8.11. The normalized spacial score (nSPS) is 11.1. The van der Waals surface area contributed by atoms with Crippen molar-refractivity contribution in [1.29, 1.82) is 0 Å². The predicted octanol–water partition coefficient (Wildman–Crippen LogP) is 4.23. The van der Waals surface area contributed by atoms with E-state index in [1.54, 1.807) is 7.05 Å². The lowest BCUT2D eigenvalue weighted by molar-refractivity contribution is -0.137. The number of carbonyl (C=O) groups is 1. The van der Waals surface area contributed by atoms with Crippen LogP contribution in [0, 0.1) is 6.92 Å². The monoisotopic (exact) mass is 366 g/mol. The van der Waals surface area contributed by atoms with E-state index in [-0.39, 0.29) is 12.6 Å². The van der Waals surface area contributed by atoms with E-state index in [9.17, 15) is 18.0 Å². The summed E-state index contributed by atoms with van der Waals surface area (Å²) in [5.41, 5.74) is 0.658. The molecule has 7 heteroatoms. The second-order valence-electron chi connectivity index (χ2n) is 5.89. The number of nitrogens with one attached hydrogen (secondary N) is 1. The summed E-state index contributed by atoms with van der Waals surface area (Å²) >= 11 is 0. The molecule has 140 valence electrons. The van der Waals surface area contributed by atoms with Gasteiger partial charge in [0.05, 0.1) is 12.1 Å². The quantitative estimate of drug-likeness (QED) is 0.831. The standard InChI is InChI=1S/C19H21F3N2O2/c1-14-6-3-4-9-17(14)26-11-10-24(2)18(25)23-13-15-7-5-8-16(12-15)19(20,21)22/h3-9,12H,10-11,13H2,1-2H3,(H,23,25). The molecule has 0 radical (unpaired) electrons. The molecule has 0 fully saturated rings. The van der Waals surface area contributed by atoms with E-state index < -0.39 is 11.7 Å². The summed E-state index contributed by atoms with van der Waals surface area (Å²) in [6.07, 6.45) is -4.40. The Morgan fingerprint density at radius 2 is 1.88 bits per heavy atom. The summed E-state index contributed by atoms with van der Waals surface area (Å²) in [5.74, 6) is 0.755. The summed E-state index contributed by atoms with van der Waals surface area (Å²) in [5, 5.41) is 2.60. The third-order valence-electron chi connectivity index (χ3n) is 3.82. The fraction of sp³-hybridized carbons (Fsp3) is 0.316. The topological polar surface area (TPSA) is 41.6 Å². The summed E-state index contributed by atoms with van der Waals surface area (Å²) in [4.78, 5) is 13.5. The van der Waals surface area contributed by atoms with Crippen LogP contribution in [0.2, 0.25) is 0 Å². The van der Waals surface area contributed by atoms with Crippen molar-refractivity contribution in [2.45, 2.75) is 19.6 Å². The predicted molar refractivity (Wildman–Crippen MR) is 93.0 cm³/mol. The van der Waals surface area contributed by atoms with Gasteiger partial charge in [-0.1, -0.05) is 30.3 Å². The van der Waals surface area contributed by atoms with Crippen molar-refractivity contribution < 1.29 is 22.7 Å². The molecule has 2 aromatic carbocycles. The maximum Gasteiger partial charge on any atom is 0.416 e. The second kappa shape index (κ2) is 8.60. The first kappa shape index (κ1) is 19.6. The van der Waals surface area contributed by atoms with Crippen LogP contribution in [0.1, 0.15) is 16.7 Å². The minimum atomic E-state index is -4.40. The van der Waals surface area contributed by atoms with Crippen molar-refractivity contribution >= 4 is 6.03 Å². The lowest BCUT2D eigenvalue weighted by Gasteiger charge is -2.19. The minimum absolute atomic E-state index is 0.0196. The molecule has 1 N–H and O–H groups in total. The van der Waals surface area contributed by atoms with E-state index in [4.69, 9.17) is 4.74 Å². The van der Waals surface area contributed by atoms with E-state index in [1.807, 2.05) is 31.2 Å². The fourth-order valence-electron chi connectivity index (χ4n) is 2.28. The number of urea groups is 1. The van der Waals surface area contributed by atoms with Crippen LogP contribution >= 0.6 is 0 Å². The van der Waals surface area contributed by atoms with Crippen molar-refractivity contribution in [2.24, 2.45) is 0 Å². The van der Waals surface area contributed by atoms with Crippen molar-refractivity contribution in [3.8, 4) is 5.75 Å². The molecule has 0 saturated carbocycles. The van der Waals surface area contributed by atoms with Gasteiger partial charge in [0.2, 0.25) is 0 Å². The number of benzene rings is 2. The zero-order chi connectivity index (χ0) is 19.2. The Hall–Kier alpha value is -2.70. The van der Waals surface area contributed by atoms with E-state index in [2.05, 4.69) is 5.32 Å². The molecule has 2 rings (SSSR count). The van der Waals surface area contributed by atoms with E-state index in [0.717, 1.165) is 23.4 Å². The van der Waals surface area contributed by atoms with Gasteiger partial charge in [-0.3, -0.25) is 0 Å². The van der Waals surface area contributed by atoms with E-state index in [1.165, 1.54) is 17.0 Å². The maximum atomic E-state index is 12.7. The van der Waals surface area contributed by atoms with Crippen molar-refractivity contribution in [2.75, 3.05) is 20.2 Å². The van der Waals surface area contributed by atoms with Crippen LogP contribution in [0.3, 0.4) is 0 Å². The molecule has 0 aromatic heterocycles. The number of alkyl halides is 3. The average molecular weight is 366 g/mol. The van der Waals surface area contributed by atoms with Gasteiger partial charge >= 0.3 is 12.2 Å². The lowest BCUT2D eigenvalue weighted by atomic mass is 10.1. The molecule has 0 spiro atoms. The molecule has 0 bridgehead atoms. The first-order chi connectivity index (χ1) is 12.3. The molecule has 0 aliphatic rings. The van der Waals surface area contributed by atoms with Gasteiger partial charge in [-0.25, -0.2) is 4.79 Å². The highest BCUT2D eigenvalue weighted by Crippen LogP contribution is 2.29. The number of ether oxygens (including phenoxy) is 1. The Kier molecular flexibility index (Phi) is 6.49. The highest BCUT2D eigenvalue weighted by molar-refractivity contribution is 5.73. The first-order valence-electron chi connectivity index (χ1n) is 8.11. The molecule has 0 atom stereocenters. The van der Waals surface area contributed by atoms with Gasteiger partial charge in [-0.05, 0) is 36.2 Å². The molecule has 2 amide bonds. The van der Waals surface area contributed by atoms with Crippen LogP contribution in [0.5, 0.6) is 5.75 Å². The lowest BCUT2D eigenvalue weighted by Crippen LogP contribution is -2.39. The number of aryl methyl sites for hydroxylation is 1. The molecule has 0 aliphatic carbocycles. The summed E-state index contributed by atoms with van der Waals surface area (Å²) < 4.78 is 43.7. The highest BCUT2D eigenvalue weighted by Gasteiger charge is 2.30. The van der Waals surface area contributed by atoms with Gasteiger partial charge in [-0.15, -0.1) is 0 Å². The number of rotatable bonds is 6. The van der Waals surface area contributed by atoms with Crippen LogP contribution < -0.4 is 10.1 Å². The second-order valence-corrected chi connectivity index (χ2v) is 5.89. The summed E-state index contributed by atoms with van der Waals surface area (Å²) in [6.45, 7) is 2.62. The summed E-state index contributed by atoms with van der Waals surface area (Å²) in [7, 11) is 1.60. The van der Waals surface area contributed by atoms with Gasteiger partial charge in [0.25, 0.3) is 0 Å². The fourth-order valence-corrected chi connectivity index (χ4v) is 2.28. The van der Waals surface area contributed by atoms with Crippen LogP contribution in [0.4, 0.5) is 18.0 Å². The SMILES string of the molecule is Cc1ccccc1OCCN(C)C(=O)NCc1cccc(C(F)(F)F)c1.